The summed E-state index contributed by atoms with van der Waals surface area (Å²) in [5.74, 6) is 0. The van der Waals surface area contributed by atoms with E-state index in [2.05, 4.69) is 6.58 Å². The lowest BCUT2D eigenvalue weighted by atomic mass is 10.3. The molecule has 0 bridgehead atoms. The van der Waals surface area contributed by atoms with Gasteiger partial charge in [-0.05, 0) is 6.92 Å². The molecule has 0 nitrogen and oxygen atoms in total. The fourth-order valence-corrected chi connectivity index (χ4v) is 1.54. The predicted molar refractivity (Wildman–Crippen MR) is 126 cm³/mol. The minimum Gasteiger partial charge on any atom is -0.0991 e. The van der Waals surface area contributed by atoms with E-state index >= 15 is 0 Å². The molecule has 0 aliphatic carbocycles. The molecule has 0 fully saturated rings. The van der Waals surface area contributed by atoms with E-state index < -0.39 is 0 Å². The van der Waals surface area contributed by atoms with Crippen molar-refractivity contribution in [1.82, 2.24) is 0 Å². The summed E-state index contributed by atoms with van der Waals surface area (Å²) in [6, 6.07) is 0. The Balaban J connectivity index is 3.94. The van der Waals surface area contributed by atoms with E-state index in [4.69, 9.17) is 0 Å². The zero-order chi connectivity index (χ0) is 19.7. The number of rotatable bonds is 12. The Morgan fingerprint density at radius 2 is 0.481 bits per heavy atom. The molecule has 0 aromatic heterocycles. The zero-order valence-electron chi connectivity index (χ0n) is 16.1. The van der Waals surface area contributed by atoms with Gasteiger partial charge in [0.1, 0.15) is 0 Å². The molecule has 27 heavy (non-hydrogen) atoms. The van der Waals surface area contributed by atoms with Gasteiger partial charge in [-0.15, -0.1) is 0 Å². The lowest BCUT2D eigenvalue weighted by Crippen LogP contribution is -1.54. The van der Waals surface area contributed by atoms with Gasteiger partial charge in [-0.2, -0.15) is 0 Å². The molecule has 0 heterocycles. The van der Waals surface area contributed by atoms with E-state index in [0.717, 1.165) is 0 Å². The molecule has 0 aromatic rings. The standard InChI is InChI=1S/C27H30/c1-3-5-7-9-11-13-15-17-19-21-23-25-27-26-24-22-20-18-16-14-12-10-8-6-4-2/h3-27H,1H2,2H3. The van der Waals surface area contributed by atoms with Crippen molar-refractivity contribution in [2.75, 3.05) is 0 Å². The second-order valence-electron chi connectivity index (χ2n) is 5.00. The molecule has 0 amide bonds. The second kappa shape index (κ2) is 22.6. The van der Waals surface area contributed by atoms with Crippen LogP contribution in [0.15, 0.2) is 158 Å². The van der Waals surface area contributed by atoms with E-state index in [9.17, 15) is 0 Å². The van der Waals surface area contributed by atoms with E-state index in [-0.39, 0.29) is 0 Å². The van der Waals surface area contributed by atoms with Crippen LogP contribution < -0.4 is 0 Å². The van der Waals surface area contributed by atoms with Gasteiger partial charge in [0.25, 0.3) is 0 Å². The van der Waals surface area contributed by atoms with Crippen molar-refractivity contribution in [2.24, 2.45) is 0 Å². The summed E-state index contributed by atoms with van der Waals surface area (Å²) in [7, 11) is 0. The lowest BCUT2D eigenvalue weighted by molar-refractivity contribution is 1.73. The summed E-state index contributed by atoms with van der Waals surface area (Å²) in [5, 5.41) is 0. The van der Waals surface area contributed by atoms with Crippen molar-refractivity contribution >= 4 is 0 Å². The van der Waals surface area contributed by atoms with Crippen molar-refractivity contribution in [1.29, 1.82) is 0 Å². The maximum Gasteiger partial charge on any atom is -0.0467 e. The van der Waals surface area contributed by atoms with Gasteiger partial charge in [0, 0.05) is 0 Å². The highest BCUT2D eigenvalue weighted by atomic mass is 13.7. The molecule has 0 saturated carbocycles. The first-order chi connectivity index (χ1) is 13.4. The Labute approximate surface area is 165 Å². The highest BCUT2D eigenvalue weighted by Crippen LogP contribution is 1.87. The molecule has 138 valence electrons. The fraction of sp³-hybridized carbons (Fsp3) is 0.0370. The van der Waals surface area contributed by atoms with Crippen LogP contribution in [-0.4, -0.2) is 0 Å². The van der Waals surface area contributed by atoms with Crippen molar-refractivity contribution in [2.45, 2.75) is 6.92 Å². The molecular weight excluding hydrogens is 324 g/mol. The Bertz CT molecular complexity index is 703. The van der Waals surface area contributed by atoms with Crippen LogP contribution in [0.2, 0.25) is 0 Å². The van der Waals surface area contributed by atoms with Gasteiger partial charge in [-0.25, -0.2) is 0 Å². The monoisotopic (exact) mass is 354 g/mol. The third-order valence-electron chi connectivity index (χ3n) is 2.77. The molecule has 0 atom stereocenters. The molecule has 0 saturated heterocycles. The third kappa shape index (κ3) is 22.6. The van der Waals surface area contributed by atoms with Gasteiger partial charge in [0.15, 0.2) is 0 Å². The minimum atomic E-state index is 1.75. The van der Waals surface area contributed by atoms with Gasteiger partial charge in [-0.3, -0.25) is 0 Å². The van der Waals surface area contributed by atoms with E-state index in [1.54, 1.807) is 6.08 Å². The van der Waals surface area contributed by atoms with Crippen LogP contribution in [0.4, 0.5) is 0 Å². The lowest BCUT2D eigenvalue weighted by Gasteiger charge is -1.76. The maximum absolute atomic E-state index is 3.61. The van der Waals surface area contributed by atoms with Crippen molar-refractivity contribution in [3.05, 3.63) is 158 Å². The smallest absolute Gasteiger partial charge is 0.0467 e. The van der Waals surface area contributed by atoms with Crippen molar-refractivity contribution in [3.8, 4) is 0 Å². The highest BCUT2D eigenvalue weighted by Gasteiger charge is 1.65. The summed E-state index contributed by atoms with van der Waals surface area (Å²) in [6.07, 6.45) is 49.4. The van der Waals surface area contributed by atoms with E-state index in [0.29, 0.717) is 0 Å². The summed E-state index contributed by atoms with van der Waals surface area (Å²) in [5.41, 5.74) is 0. The van der Waals surface area contributed by atoms with E-state index in [1.165, 1.54) is 0 Å². The Morgan fingerprint density at radius 1 is 0.296 bits per heavy atom. The molecule has 0 aromatic carbocycles. The molecule has 0 spiro atoms. The molecule has 0 aliphatic heterocycles. The van der Waals surface area contributed by atoms with Gasteiger partial charge in [0.2, 0.25) is 0 Å². The van der Waals surface area contributed by atoms with Gasteiger partial charge >= 0.3 is 0 Å². The summed E-state index contributed by atoms with van der Waals surface area (Å²) in [6.45, 7) is 5.61. The first-order valence-corrected chi connectivity index (χ1v) is 8.99. The molecule has 0 N–H and O–H groups in total. The van der Waals surface area contributed by atoms with Crippen LogP contribution in [0.1, 0.15) is 6.92 Å². The second-order valence-corrected chi connectivity index (χ2v) is 5.00. The summed E-state index contributed by atoms with van der Waals surface area (Å²) in [4.78, 5) is 0. The maximum atomic E-state index is 3.61. The largest absolute Gasteiger partial charge is 0.0991 e. The highest BCUT2D eigenvalue weighted by molar-refractivity contribution is 5.23. The molecule has 0 aliphatic rings. The first kappa shape index (κ1) is 23.6. The topological polar surface area (TPSA) is 0 Å². The van der Waals surface area contributed by atoms with Crippen LogP contribution >= 0.6 is 0 Å². The number of hydrogen-bond acceptors (Lipinski definition) is 0. The Morgan fingerprint density at radius 3 is 0.667 bits per heavy atom. The normalized spacial score (nSPS) is 14.7. The SMILES string of the molecule is C=CC=CC=CC=CC=CC=CC=CC=CC=CC=CC=CC=CC=CC. The minimum absolute atomic E-state index is 1.75. The van der Waals surface area contributed by atoms with Crippen LogP contribution in [0.5, 0.6) is 0 Å². The zero-order valence-corrected chi connectivity index (χ0v) is 16.1. The van der Waals surface area contributed by atoms with Crippen LogP contribution in [-0.2, 0) is 0 Å². The van der Waals surface area contributed by atoms with Crippen molar-refractivity contribution in [3.63, 3.8) is 0 Å². The number of allylic oxidation sites excluding steroid dienone is 25. The molecule has 0 rings (SSSR count). The summed E-state index contributed by atoms with van der Waals surface area (Å²) >= 11 is 0. The van der Waals surface area contributed by atoms with Crippen LogP contribution in [0.3, 0.4) is 0 Å². The quantitative estimate of drug-likeness (QED) is 0.313. The molecule has 0 radical (unpaired) electrons. The number of hydrogen-bond donors (Lipinski definition) is 0. The van der Waals surface area contributed by atoms with Crippen LogP contribution in [0.25, 0.3) is 0 Å². The molecule has 0 unspecified atom stereocenters. The van der Waals surface area contributed by atoms with Gasteiger partial charge < -0.3 is 0 Å². The average Bonchev–Trinajstić information content (AvgIpc) is 2.68. The third-order valence-corrected chi connectivity index (χ3v) is 2.77. The molecular formula is C27H30. The predicted octanol–water partition coefficient (Wildman–Crippen LogP) is 7.87. The van der Waals surface area contributed by atoms with Crippen LogP contribution in [0, 0.1) is 0 Å². The first-order valence-electron chi connectivity index (χ1n) is 8.99. The van der Waals surface area contributed by atoms with Gasteiger partial charge in [-0.1, -0.05) is 158 Å². The molecule has 0 heteroatoms. The van der Waals surface area contributed by atoms with Gasteiger partial charge in [0.05, 0.1) is 0 Å². The van der Waals surface area contributed by atoms with E-state index in [1.807, 2.05) is 153 Å². The van der Waals surface area contributed by atoms with Crippen molar-refractivity contribution < 1.29 is 0 Å². The summed E-state index contributed by atoms with van der Waals surface area (Å²) < 4.78 is 0. The average molecular weight is 355 g/mol. The Hall–Kier alpha value is -3.38. The fourth-order valence-electron chi connectivity index (χ4n) is 1.54. The Kier molecular flexibility index (Phi) is 19.8.